The van der Waals surface area contributed by atoms with E-state index in [0.29, 0.717) is 50.0 Å². The summed E-state index contributed by atoms with van der Waals surface area (Å²) in [6.45, 7) is 2.35. The summed E-state index contributed by atoms with van der Waals surface area (Å²) in [7, 11) is -3.42. The minimum Gasteiger partial charge on any atom is -0.482 e. The number of halogens is 1. The molecule has 2 fully saturated rings. The third-order valence-electron chi connectivity index (χ3n) is 5.70. The molecule has 2 saturated heterocycles. The van der Waals surface area contributed by atoms with E-state index in [1.54, 1.807) is 11.0 Å². The lowest BCUT2D eigenvalue weighted by molar-refractivity contribution is -0.134. The Kier molecular flexibility index (Phi) is 6.81. The molecule has 0 aliphatic carbocycles. The minimum atomic E-state index is -3.42. The van der Waals surface area contributed by atoms with E-state index in [0.717, 1.165) is 24.0 Å². The first-order valence-electron chi connectivity index (χ1n) is 10.5. The van der Waals surface area contributed by atoms with Crippen LogP contribution in [0.15, 0.2) is 48.5 Å². The molecule has 0 aromatic heterocycles. The smallest absolute Gasteiger partial charge is 0.282 e. The van der Waals surface area contributed by atoms with Crippen molar-refractivity contribution in [1.29, 1.82) is 0 Å². The Bertz CT molecular complexity index is 1020. The van der Waals surface area contributed by atoms with Crippen LogP contribution in [0.5, 0.6) is 5.75 Å². The molecule has 2 aliphatic rings. The van der Waals surface area contributed by atoms with Crippen molar-refractivity contribution in [1.82, 2.24) is 13.5 Å². The predicted octanol–water partition coefficient (Wildman–Crippen LogP) is 2.87. The molecule has 2 heterocycles. The van der Waals surface area contributed by atoms with Crippen molar-refractivity contribution in [3.8, 4) is 16.9 Å². The number of carbonyl (C=O) groups is 1. The molecule has 0 atom stereocenters. The van der Waals surface area contributed by atoms with Crippen LogP contribution in [0.1, 0.15) is 12.8 Å². The second kappa shape index (κ2) is 9.56. The Hall–Kier alpha value is -2.13. The van der Waals surface area contributed by atoms with Crippen LogP contribution in [0.4, 0.5) is 0 Å². The quantitative estimate of drug-likeness (QED) is 0.660. The number of nitrogens with zero attached hydrogens (tertiary/aromatic N) is 3. The summed E-state index contributed by atoms with van der Waals surface area (Å²) in [5.74, 6) is 0.270. The Morgan fingerprint density at radius 3 is 2.16 bits per heavy atom. The van der Waals surface area contributed by atoms with Gasteiger partial charge in [0.1, 0.15) is 5.75 Å². The van der Waals surface area contributed by atoms with E-state index in [2.05, 4.69) is 0 Å². The normalized spacial score (nSPS) is 18.3. The number of amides is 1. The zero-order valence-corrected chi connectivity index (χ0v) is 18.8. The second-order valence-corrected chi connectivity index (χ2v) is 10.0. The lowest BCUT2D eigenvalue weighted by Crippen LogP contribution is -2.54. The standard InChI is InChI=1S/C22H26ClN3O4S/c23-20-16-19(18-6-2-1-3-7-18)8-9-21(20)30-17-22(27)24-12-14-26(15-13-24)31(28,29)25-10-4-5-11-25/h1-3,6-9,16H,4-5,10-15,17H2. The fourth-order valence-electron chi connectivity index (χ4n) is 3.91. The molecule has 7 nitrogen and oxygen atoms in total. The van der Waals surface area contributed by atoms with Crippen LogP contribution < -0.4 is 4.74 Å². The predicted molar refractivity (Wildman–Crippen MR) is 120 cm³/mol. The van der Waals surface area contributed by atoms with Crippen molar-refractivity contribution < 1.29 is 17.9 Å². The minimum absolute atomic E-state index is 0.136. The van der Waals surface area contributed by atoms with Crippen molar-refractivity contribution in [2.45, 2.75) is 12.8 Å². The van der Waals surface area contributed by atoms with Crippen LogP contribution in [0, 0.1) is 0 Å². The van der Waals surface area contributed by atoms with Gasteiger partial charge < -0.3 is 9.64 Å². The highest BCUT2D eigenvalue weighted by molar-refractivity contribution is 7.86. The van der Waals surface area contributed by atoms with Gasteiger partial charge in [0.05, 0.1) is 5.02 Å². The zero-order valence-electron chi connectivity index (χ0n) is 17.2. The lowest BCUT2D eigenvalue weighted by Gasteiger charge is -2.35. The summed E-state index contributed by atoms with van der Waals surface area (Å²) in [5.41, 5.74) is 2.02. The SMILES string of the molecule is O=C(COc1ccc(-c2ccccc2)cc1Cl)N1CCN(S(=O)(=O)N2CCCC2)CC1. The fraction of sp³-hybridized carbons (Fsp3) is 0.409. The average molecular weight is 464 g/mol. The summed E-state index contributed by atoms with van der Waals surface area (Å²) >= 11 is 6.35. The molecular weight excluding hydrogens is 438 g/mol. The lowest BCUT2D eigenvalue weighted by atomic mass is 10.1. The van der Waals surface area contributed by atoms with Gasteiger partial charge in [-0.1, -0.05) is 48.0 Å². The highest BCUT2D eigenvalue weighted by atomic mass is 35.5. The van der Waals surface area contributed by atoms with E-state index in [1.165, 1.54) is 8.61 Å². The third kappa shape index (κ3) is 5.03. The van der Waals surface area contributed by atoms with Crippen LogP contribution in [-0.2, 0) is 15.0 Å². The number of hydrogen-bond acceptors (Lipinski definition) is 4. The second-order valence-electron chi connectivity index (χ2n) is 7.69. The largest absolute Gasteiger partial charge is 0.482 e. The van der Waals surface area contributed by atoms with E-state index in [-0.39, 0.29) is 12.5 Å². The van der Waals surface area contributed by atoms with Crippen LogP contribution in [0.3, 0.4) is 0 Å². The number of rotatable bonds is 6. The van der Waals surface area contributed by atoms with Gasteiger partial charge in [0.15, 0.2) is 6.61 Å². The summed E-state index contributed by atoms with van der Waals surface area (Å²) < 4.78 is 34.0. The molecule has 0 saturated carbocycles. The molecule has 0 spiro atoms. The first-order valence-corrected chi connectivity index (χ1v) is 12.2. The molecule has 166 valence electrons. The molecule has 9 heteroatoms. The molecule has 31 heavy (non-hydrogen) atoms. The molecule has 4 rings (SSSR count). The molecule has 2 aromatic rings. The highest BCUT2D eigenvalue weighted by Gasteiger charge is 2.34. The van der Waals surface area contributed by atoms with Gasteiger partial charge in [-0.2, -0.15) is 17.0 Å². The fourth-order valence-corrected chi connectivity index (χ4v) is 5.82. The van der Waals surface area contributed by atoms with Crippen LogP contribution in [-0.4, -0.2) is 73.7 Å². The van der Waals surface area contributed by atoms with Crippen LogP contribution in [0.2, 0.25) is 5.02 Å². The van der Waals surface area contributed by atoms with Crippen LogP contribution in [0.25, 0.3) is 11.1 Å². The van der Waals surface area contributed by atoms with Gasteiger partial charge in [0.2, 0.25) is 0 Å². The molecule has 2 aliphatic heterocycles. The van der Waals surface area contributed by atoms with Gasteiger partial charge in [0, 0.05) is 39.3 Å². The van der Waals surface area contributed by atoms with Crippen molar-refractivity contribution in [3.63, 3.8) is 0 Å². The summed E-state index contributed by atoms with van der Waals surface area (Å²) in [4.78, 5) is 14.2. The van der Waals surface area contributed by atoms with Gasteiger partial charge in [-0.3, -0.25) is 4.79 Å². The zero-order chi connectivity index (χ0) is 21.8. The molecule has 2 aromatic carbocycles. The number of carbonyl (C=O) groups excluding carboxylic acids is 1. The van der Waals surface area contributed by atoms with Gasteiger partial charge >= 0.3 is 0 Å². The van der Waals surface area contributed by atoms with Crippen molar-refractivity contribution in [3.05, 3.63) is 53.6 Å². The van der Waals surface area contributed by atoms with Gasteiger partial charge in [-0.05, 0) is 36.1 Å². The Balaban J connectivity index is 1.30. The number of benzene rings is 2. The number of ether oxygens (including phenoxy) is 1. The van der Waals surface area contributed by atoms with E-state index >= 15 is 0 Å². The average Bonchev–Trinajstić information content (AvgIpc) is 3.35. The maximum atomic E-state index is 12.7. The molecule has 0 bridgehead atoms. The molecule has 1 amide bonds. The third-order valence-corrected chi connectivity index (χ3v) is 8.03. The van der Waals surface area contributed by atoms with E-state index < -0.39 is 10.2 Å². The molecule has 0 radical (unpaired) electrons. The maximum absolute atomic E-state index is 12.7. The van der Waals surface area contributed by atoms with Gasteiger partial charge in [0.25, 0.3) is 16.1 Å². The summed E-state index contributed by atoms with van der Waals surface area (Å²) in [6, 6.07) is 15.4. The van der Waals surface area contributed by atoms with Crippen molar-refractivity contribution >= 4 is 27.7 Å². The maximum Gasteiger partial charge on any atom is 0.282 e. The van der Waals surface area contributed by atoms with Gasteiger partial charge in [-0.15, -0.1) is 0 Å². The van der Waals surface area contributed by atoms with E-state index in [9.17, 15) is 13.2 Å². The number of piperazine rings is 1. The summed E-state index contributed by atoms with van der Waals surface area (Å²) in [6.07, 6.45) is 1.81. The Morgan fingerprint density at radius 1 is 0.871 bits per heavy atom. The highest BCUT2D eigenvalue weighted by Crippen LogP contribution is 2.30. The monoisotopic (exact) mass is 463 g/mol. The van der Waals surface area contributed by atoms with Crippen molar-refractivity contribution in [2.24, 2.45) is 0 Å². The molecule has 0 N–H and O–H groups in total. The summed E-state index contributed by atoms with van der Waals surface area (Å²) in [5, 5.41) is 0.440. The first kappa shape index (κ1) is 22.1. The number of hydrogen-bond donors (Lipinski definition) is 0. The molecular formula is C22H26ClN3O4S. The topological polar surface area (TPSA) is 70.2 Å². The van der Waals surface area contributed by atoms with Gasteiger partial charge in [-0.25, -0.2) is 0 Å². The Morgan fingerprint density at radius 2 is 1.52 bits per heavy atom. The van der Waals surface area contributed by atoms with E-state index in [1.807, 2.05) is 42.5 Å². The van der Waals surface area contributed by atoms with Crippen molar-refractivity contribution in [2.75, 3.05) is 45.9 Å². The van der Waals surface area contributed by atoms with E-state index in [4.69, 9.17) is 16.3 Å². The molecule has 0 unspecified atom stereocenters. The Labute approximate surface area is 188 Å². The van der Waals surface area contributed by atoms with Crippen LogP contribution >= 0.6 is 11.6 Å². The first-order chi connectivity index (χ1) is 14.9.